The van der Waals surface area contributed by atoms with Crippen LogP contribution in [-0.2, 0) is 28.6 Å². The van der Waals surface area contributed by atoms with Crippen molar-refractivity contribution in [3.05, 3.63) is 70.2 Å². The number of hydrogen-bond donors (Lipinski definition) is 0. The molecule has 154 valence electrons. The molecule has 1 aliphatic rings. The zero-order valence-corrected chi connectivity index (χ0v) is 16.3. The second-order valence-electron chi connectivity index (χ2n) is 6.94. The molecule has 0 radical (unpaired) electrons. The molecule has 0 unspecified atom stereocenters. The van der Waals surface area contributed by atoms with Crippen molar-refractivity contribution in [2.75, 3.05) is 26.2 Å². The quantitative estimate of drug-likeness (QED) is 0.748. The maximum Gasteiger partial charge on any atom is 0.416 e. The van der Waals surface area contributed by atoms with E-state index in [9.17, 15) is 22.8 Å². The Kier molecular flexibility index (Phi) is 6.47. The molecule has 3 rings (SSSR count). The average molecular weight is 425 g/mol. The first-order chi connectivity index (χ1) is 13.7. The van der Waals surface area contributed by atoms with Gasteiger partial charge in [0.05, 0.1) is 18.4 Å². The fraction of sp³-hybridized carbons (Fsp3) is 0.333. The Morgan fingerprint density at radius 3 is 1.86 bits per heavy atom. The number of carbonyl (C=O) groups excluding carboxylic acids is 2. The first-order valence-corrected chi connectivity index (χ1v) is 9.56. The molecule has 0 aliphatic carbocycles. The molecule has 1 fully saturated rings. The number of amides is 2. The maximum absolute atomic E-state index is 12.8. The third kappa shape index (κ3) is 5.73. The number of carbonyl (C=O) groups is 2. The molecular weight excluding hydrogens is 405 g/mol. The summed E-state index contributed by atoms with van der Waals surface area (Å²) in [6.45, 7) is 1.54. The highest BCUT2D eigenvalue weighted by molar-refractivity contribution is 6.30. The number of nitrogens with zero attached hydrogens (tertiary/aromatic N) is 2. The lowest BCUT2D eigenvalue weighted by Crippen LogP contribution is -2.51. The number of rotatable bonds is 4. The standard InChI is InChI=1S/C21H20ClF3N2O2/c22-18-6-4-15(5-7-18)13-19(28)26-8-10-27(11-9-26)20(29)14-16-2-1-3-17(12-16)21(23,24)25/h1-7,12H,8-11,13-14H2. The van der Waals surface area contributed by atoms with Crippen LogP contribution in [0.1, 0.15) is 16.7 Å². The van der Waals surface area contributed by atoms with Crippen LogP contribution in [-0.4, -0.2) is 47.8 Å². The Balaban J connectivity index is 1.51. The van der Waals surface area contributed by atoms with E-state index in [4.69, 9.17) is 11.6 Å². The minimum atomic E-state index is -4.44. The zero-order valence-electron chi connectivity index (χ0n) is 15.6. The minimum absolute atomic E-state index is 0.0303. The Bertz CT molecular complexity index is 876. The minimum Gasteiger partial charge on any atom is -0.339 e. The lowest BCUT2D eigenvalue weighted by molar-refractivity contribution is -0.139. The van der Waals surface area contributed by atoms with Gasteiger partial charge in [0, 0.05) is 31.2 Å². The summed E-state index contributed by atoms with van der Waals surface area (Å²) in [6.07, 6.45) is -4.27. The summed E-state index contributed by atoms with van der Waals surface area (Å²) in [5.74, 6) is -0.272. The van der Waals surface area contributed by atoms with E-state index in [-0.39, 0.29) is 24.7 Å². The Morgan fingerprint density at radius 2 is 1.34 bits per heavy atom. The molecule has 2 aromatic carbocycles. The number of hydrogen-bond acceptors (Lipinski definition) is 2. The predicted molar refractivity (Wildman–Crippen MR) is 103 cm³/mol. The zero-order chi connectivity index (χ0) is 21.0. The number of alkyl halides is 3. The Hall–Kier alpha value is -2.54. The first-order valence-electron chi connectivity index (χ1n) is 9.18. The van der Waals surface area contributed by atoms with Gasteiger partial charge in [0.25, 0.3) is 0 Å². The van der Waals surface area contributed by atoms with Gasteiger partial charge in [-0.25, -0.2) is 0 Å². The van der Waals surface area contributed by atoms with E-state index in [1.165, 1.54) is 12.1 Å². The van der Waals surface area contributed by atoms with E-state index < -0.39 is 11.7 Å². The topological polar surface area (TPSA) is 40.6 Å². The molecule has 2 aromatic rings. The monoisotopic (exact) mass is 424 g/mol. The second kappa shape index (κ2) is 8.86. The van der Waals surface area contributed by atoms with Crippen molar-refractivity contribution in [2.24, 2.45) is 0 Å². The molecule has 1 heterocycles. The van der Waals surface area contributed by atoms with E-state index >= 15 is 0 Å². The van der Waals surface area contributed by atoms with E-state index in [0.717, 1.165) is 17.7 Å². The van der Waals surface area contributed by atoms with E-state index in [0.29, 0.717) is 36.8 Å². The van der Waals surface area contributed by atoms with Crippen molar-refractivity contribution in [1.82, 2.24) is 9.80 Å². The highest BCUT2D eigenvalue weighted by Gasteiger charge is 2.31. The summed E-state index contributed by atoms with van der Waals surface area (Å²) in [4.78, 5) is 28.2. The molecule has 8 heteroatoms. The lowest BCUT2D eigenvalue weighted by Gasteiger charge is -2.35. The van der Waals surface area contributed by atoms with Gasteiger partial charge in [-0.2, -0.15) is 13.2 Å². The van der Waals surface area contributed by atoms with Crippen molar-refractivity contribution in [3.8, 4) is 0 Å². The Labute approximate surface area is 171 Å². The predicted octanol–water partition coefficient (Wildman–Crippen LogP) is 3.81. The van der Waals surface area contributed by atoms with Gasteiger partial charge >= 0.3 is 6.18 Å². The van der Waals surface area contributed by atoms with Gasteiger partial charge in [-0.05, 0) is 29.3 Å². The molecule has 0 atom stereocenters. The van der Waals surface area contributed by atoms with Crippen LogP contribution in [0.3, 0.4) is 0 Å². The van der Waals surface area contributed by atoms with Gasteiger partial charge in [-0.15, -0.1) is 0 Å². The fourth-order valence-electron chi connectivity index (χ4n) is 3.24. The summed E-state index contributed by atoms with van der Waals surface area (Å²) < 4.78 is 38.4. The van der Waals surface area contributed by atoms with Crippen LogP contribution in [0.4, 0.5) is 13.2 Å². The largest absolute Gasteiger partial charge is 0.416 e. The van der Waals surface area contributed by atoms with Crippen LogP contribution in [0, 0.1) is 0 Å². The molecule has 29 heavy (non-hydrogen) atoms. The van der Waals surface area contributed by atoms with Crippen molar-refractivity contribution in [2.45, 2.75) is 19.0 Å². The van der Waals surface area contributed by atoms with Crippen LogP contribution >= 0.6 is 11.6 Å². The van der Waals surface area contributed by atoms with Crippen molar-refractivity contribution < 1.29 is 22.8 Å². The summed E-state index contributed by atoms with van der Waals surface area (Å²) in [6, 6.07) is 11.9. The van der Waals surface area contributed by atoms with Gasteiger partial charge in [-0.1, -0.05) is 41.9 Å². The molecule has 1 saturated heterocycles. The number of benzene rings is 2. The molecule has 1 aliphatic heterocycles. The fourth-order valence-corrected chi connectivity index (χ4v) is 3.36. The first kappa shape index (κ1) is 21.2. The van der Waals surface area contributed by atoms with Crippen molar-refractivity contribution in [1.29, 1.82) is 0 Å². The van der Waals surface area contributed by atoms with Crippen molar-refractivity contribution >= 4 is 23.4 Å². The molecule has 2 amide bonds. The van der Waals surface area contributed by atoms with Crippen LogP contribution in [0.2, 0.25) is 5.02 Å². The molecule has 4 nitrogen and oxygen atoms in total. The van der Waals surface area contributed by atoms with Gasteiger partial charge in [-0.3, -0.25) is 9.59 Å². The molecular formula is C21H20ClF3N2O2. The molecule has 0 spiro atoms. The second-order valence-corrected chi connectivity index (χ2v) is 7.38. The van der Waals surface area contributed by atoms with Crippen molar-refractivity contribution in [3.63, 3.8) is 0 Å². The van der Waals surface area contributed by atoms with Crippen LogP contribution < -0.4 is 0 Å². The summed E-state index contributed by atoms with van der Waals surface area (Å²) in [5, 5.41) is 0.606. The van der Waals surface area contributed by atoms with Gasteiger partial charge in [0.2, 0.25) is 11.8 Å². The molecule has 0 N–H and O–H groups in total. The number of piperazine rings is 1. The third-order valence-electron chi connectivity index (χ3n) is 4.86. The van der Waals surface area contributed by atoms with Crippen LogP contribution in [0.25, 0.3) is 0 Å². The van der Waals surface area contributed by atoms with Crippen LogP contribution in [0.5, 0.6) is 0 Å². The molecule has 0 bridgehead atoms. The Morgan fingerprint density at radius 1 is 0.828 bits per heavy atom. The van der Waals surface area contributed by atoms with Gasteiger partial charge in [0.15, 0.2) is 0 Å². The average Bonchev–Trinajstić information content (AvgIpc) is 2.69. The molecule has 0 saturated carbocycles. The smallest absolute Gasteiger partial charge is 0.339 e. The lowest BCUT2D eigenvalue weighted by atomic mass is 10.1. The third-order valence-corrected chi connectivity index (χ3v) is 5.12. The van der Waals surface area contributed by atoms with Gasteiger partial charge < -0.3 is 9.80 Å². The number of halogens is 4. The SMILES string of the molecule is O=C(Cc1ccc(Cl)cc1)N1CCN(C(=O)Cc2cccc(C(F)(F)F)c2)CC1. The van der Waals surface area contributed by atoms with E-state index in [2.05, 4.69) is 0 Å². The van der Waals surface area contributed by atoms with Crippen LogP contribution in [0.15, 0.2) is 48.5 Å². The normalized spacial score (nSPS) is 14.8. The van der Waals surface area contributed by atoms with E-state index in [1.54, 1.807) is 34.1 Å². The summed E-state index contributed by atoms with van der Waals surface area (Å²) in [5.41, 5.74) is 0.425. The van der Waals surface area contributed by atoms with E-state index in [1.807, 2.05) is 0 Å². The highest BCUT2D eigenvalue weighted by Crippen LogP contribution is 2.29. The summed E-state index contributed by atoms with van der Waals surface area (Å²) in [7, 11) is 0. The maximum atomic E-state index is 12.8. The molecule has 0 aromatic heterocycles. The summed E-state index contributed by atoms with van der Waals surface area (Å²) >= 11 is 5.84. The van der Waals surface area contributed by atoms with Gasteiger partial charge in [0.1, 0.15) is 0 Å². The highest BCUT2D eigenvalue weighted by atomic mass is 35.5.